The van der Waals surface area contributed by atoms with Gasteiger partial charge in [0, 0.05) is 11.3 Å². The first-order valence-electron chi connectivity index (χ1n) is 11.5. The summed E-state index contributed by atoms with van der Waals surface area (Å²) in [4.78, 5) is 24.0. The number of carboxylic acid groups (broad SMARTS) is 1. The van der Waals surface area contributed by atoms with Gasteiger partial charge < -0.3 is 15.2 Å². The van der Waals surface area contributed by atoms with Crippen molar-refractivity contribution in [3.63, 3.8) is 0 Å². The van der Waals surface area contributed by atoms with Crippen LogP contribution in [0.15, 0.2) is 78.9 Å². The molecule has 0 bridgehead atoms. The minimum absolute atomic E-state index is 0.0285. The van der Waals surface area contributed by atoms with Crippen LogP contribution >= 0.6 is 0 Å². The first-order chi connectivity index (χ1) is 16.1. The van der Waals surface area contributed by atoms with E-state index in [1.165, 1.54) is 5.56 Å². The Hall–Kier alpha value is -3.60. The Morgan fingerprint density at radius 1 is 0.909 bits per heavy atom. The lowest BCUT2D eigenvalue weighted by Gasteiger charge is -2.18. The Balaban J connectivity index is 1.52. The fraction of sp³-hybridized carbons (Fsp3) is 0.286. The van der Waals surface area contributed by atoms with E-state index in [4.69, 9.17) is 4.74 Å². The van der Waals surface area contributed by atoms with Crippen LogP contribution in [-0.2, 0) is 11.2 Å². The quantitative estimate of drug-likeness (QED) is 0.320. The lowest BCUT2D eigenvalue weighted by Crippen LogP contribution is -2.15. The zero-order chi connectivity index (χ0) is 23.5. The largest absolute Gasteiger partial charge is 0.494 e. The zero-order valence-electron chi connectivity index (χ0n) is 19.0. The van der Waals surface area contributed by atoms with Crippen molar-refractivity contribution in [2.75, 3.05) is 11.9 Å². The van der Waals surface area contributed by atoms with E-state index in [2.05, 4.69) is 29.6 Å². The second kappa shape index (κ2) is 12.4. The zero-order valence-corrected chi connectivity index (χ0v) is 19.0. The van der Waals surface area contributed by atoms with E-state index < -0.39 is 5.97 Å². The average molecular weight is 446 g/mol. The molecule has 2 N–H and O–H groups in total. The maximum Gasteiger partial charge on any atom is 0.303 e. The average Bonchev–Trinajstić information content (AvgIpc) is 2.83. The number of para-hydroxylation sites is 1. The molecule has 172 valence electrons. The number of nitrogens with one attached hydrogen (secondary N) is 1. The van der Waals surface area contributed by atoms with Crippen LogP contribution in [0.3, 0.4) is 0 Å². The van der Waals surface area contributed by atoms with Gasteiger partial charge in [-0.05, 0) is 73.1 Å². The molecule has 0 fully saturated rings. The normalized spacial score (nSPS) is 11.5. The van der Waals surface area contributed by atoms with Crippen LogP contribution in [0.5, 0.6) is 5.75 Å². The molecule has 3 aromatic rings. The third kappa shape index (κ3) is 7.49. The van der Waals surface area contributed by atoms with E-state index in [0.29, 0.717) is 24.3 Å². The summed E-state index contributed by atoms with van der Waals surface area (Å²) >= 11 is 0. The standard InChI is InChI=1S/C28H31NO4/c1-2-22(20-27(30)31)25-13-6-7-14-26(25)29-28(32)23-15-17-24(18-16-23)33-19-9-8-12-21-10-4-3-5-11-21/h3-7,10-11,13-18,22H,2,8-9,12,19-20H2,1H3,(H,29,32)(H,30,31). The SMILES string of the molecule is CCC(CC(=O)O)c1ccccc1NC(=O)c1ccc(OCCCCc2ccccc2)cc1. The molecule has 0 saturated carbocycles. The molecule has 0 heterocycles. The van der Waals surface area contributed by atoms with Crippen molar-refractivity contribution in [2.24, 2.45) is 0 Å². The van der Waals surface area contributed by atoms with E-state index in [1.54, 1.807) is 24.3 Å². The van der Waals surface area contributed by atoms with Gasteiger partial charge in [-0.1, -0.05) is 55.5 Å². The van der Waals surface area contributed by atoms with Crippen molar-refractivity contribution in [2.45, 2.75) is 44.9 Å². The first kappa shape index (κ1) is 24.1. The Bertz CT molecular complexity index is 1030. The maximum absolute atomic E-state index is 12.8. The lowest BCUT2D eigenvalue weighted by atomic mass is 9.91. The number of benzene rings is 3. The van der Waals surface area contributed by atoms with Gasteiger partial charge in [-0.3, -0.25) is 9.59 Å². The molecular formula is C28H31NO4. The van der Waals surface area contributed by atoms with Crippen LogP contribution in [0.1, 0.15) is 60.0 Å². The van der Waals surface area contributed by atoms with Crippen LogP contribution in [0, 0.1) is 0 Å². The Morgan fingerprint density at radius 2 is 1.61 bits per heavy atom. The third-order valence-electron chi connectivity index (χ3n) is 5.65. The van der Waals surface area contributed by atoms with Gasteiger partial charge in [-0.15, -0.1) is 0 Å². The highest BCUT2D eigenvalue weighted by Gasteiger charge is 2.18. The topological polar surface area (TPSA) is 75.6 Å². The monoisotopic (exact) mass is 445 g/mol. The number of unbranched alkanes of at least 4 members (excludes halogenated alkanes) is 1. The summed E-state index contributed by atoms with van der Waals surface area (Å²) in [6.45, 7) is 2.58. The number of hydrogen-bond acceptors (Lipinski definition) is 3. The van der Waals surface area contributed by atoms with Crippen molar-refractivity contribution < 1.29 is 19.4 Å². The van der Waals surface area contributed by atoms with Crippen molar-refractivity contribution in [1.29, 1.82) is 0 Å². The van der Waals surface area contributed by atoms with E-state index in [1.807, 2.05) is 37.3 Å². The number of carbonyl (C=O) groups excluding carboxylic acids is 1. The number of hydrogen-bond donors (Lipinski definition) is 2. The van der Waals surface area contributed by atoms with Gasteiger partial charge in [0.1, 0.15) is 5.75 Å². The number of amides is 1. The van der Waals surface area contributed by atoms with Gasteiger partial charge in [-0.2, -0.15) is 0 Å². The molecule has 1 unspecified atom stereocenters. The predicted octanol–water partition coefficient (Wildman–Crippen LogP) is 6.31. The fourth-order valence-electron chi connectivity index (χ4n) is 3.81. The van der Waals surface area contributed by atoms with Crippen molar-refractivity contribution in [3.05, 3.63) is 95.6 Å². The minimum Gasteiger partial charge on any atom is -0.494 e. The molecule has 3 rings (SSSR count). The molecule has 1 atom stereocenters. The van der Waals surface area contributed by atoms with Gasteiger partial charge in [0.2, 0.25) is 0 Å². The predicted molar refractivity (Wildman–Crippen MR) is 131 cm³/mol. The van der Waals surface area contributed by atoms with E-state index in [9.17, 15) is 14.7 Å². The number of carboxylic acids is 1. The summed E-state index contributed by atoms with van der Waals surface area (Å²) < 4.78 is 5.81. The highest BCUT2D eigenvalue weighted by atomic mass is 16.5. The molecule has 0 aliphatic carbocycles. The van der Waals surface area contributed by atoms with Crippen LogP contribution in [0.25, 0.3) is 0 Å². The highest BCUT2D eigenvalue weighted by Crippen LogP contribution is 2.30. The van der Waals surface area contributed by atoms with Crippen LogP contribution < -0.4 is 10.1 Å². The van der Waals surface area contributed by atoms with Crippen molar-refractivity contribution in [1.82, 2.24) is 0 Å². The molecule has 5 heteroatoms. The van der Waals surface area contributed by atoms with Crippen LogP contribution in [0.2, 0.25) is 0 Å². The molecular weight excluding hydrogens is 414 g/mol. The lowest BCUT2D eigenvalue weighted by molar-refractivity contribution is -0.137. The van der Waals surface area contributed by atoms with Crippen LogP contribution in [-0.4, -0.2) is 23.6 Å². The molecule has 0 aliphatic heterocycles. The molecule has 0 aromatic heterocycles. The summed E-state index contributed by atoms with van der Waals surface area (Å²) in [5.41, 5.74) is 3.34. The van der Waals surface area contributed by atoms with E-state index in [-0.39, 0.29) is 18.2 Å². The molecule has 33 heavy (non-hydrogen) atoms. The second-order valence-electron chi connectivity index (χ2n) is 8.06. The van der Waals surface area contributed by atoms with Gasteiger partial charge in [0.25, 0.3) is 5.91 Å². The van der Waals surface area contributed by atoms with Gasteiger partial charge in [0.15, 0.2) is 0 Å². The number of ether oxygens (including phenoxy) is 1. The molecule has 1 amide bonds. The third-order valence-corrected chi connectivity index (χ3v) is 5.65. The number of rotatable bonds is 12. The molecule has 0 saturated heterocycles. The Kier molecular flexibility index (Phi) is 9.07. The number of anilines is 1. The minimum atomic E-state index is -0.848. The molecule has 0 spiro atoms. The van der Waals surface area contributed by atoms with Crippen LogP contribution in [0.4, 0.5) is 5.69 Å². The first-order valence-corrected chi connectivity index (χ1v) is 11.5. The summed E-state index contributed by atoms with van der Waals surface area (Å²) in [5.74, 6) is -0.503. The van der Waals surface area contributed by atoms with Crippen molar-refractivity contribution >= 4 is 17.6 Å². The summed E-state index contributed by atoms with van der Waals surface area (Å²) in [6, 6.07) is 24.9. The summed E-state index contributed by atoms with van der Waals surface area (Å²) in [6.07, 6.45) is 3.76. The highest BCUT2D eigenvalue weighted by molar-refractivity contribution is 6.04. The van der Waals surface area contributed by atoms with Gasteiger partial charge >= 0.3 is 5.97 Å². The summed E-state index contributed by atoms with van der Waals surface area (Å²) in [5, 5.41) is 12.1. The van der Waals surface area contributed by atoms with Gasteiger partial charge in [-0.25, -0.2) is 0 Å². The second-order valence-corrected chi connectivity index (χ2v) is 8.06. The van der Waals surface area contributed by atoms with E-state index in [0.717, 1.165) is 30.6 Å². The number of carbonyl (C=O) groups is 2. The van der Waals surface area contributed by atoms with Crippen molar-refractivity contribution in [3.8, 4) is 5.75 Å². The molecule has 0 aliphatic rings. The molecule has 0 radical (unpaired) electrons. The number of aryl methyl sites for hydroxylation is 1. The fourth-order valence-corrected chi connectivity index (χ4v) is 3.81. The molecule has 5 nitrogen and oxygen atoms in total. The summed E-state index contributed by atoms with van der Waals surface area (Å²) in [7, 11) is 0. The van der Waals surface area contributed by atoms with E-state index >= 15 is 0 Å². The smallest absolute Gasteiger partial charge is 0.303 e. The number of aliphatic carboxylic acids is 1. The Morgan fingerprint density at radius 3 is 2.30 bits per heavy atom. The Labute approximate surface area is 195 Å². The maximum atomic E-state index is 12.8. The molecule has 3 aromatic carbocycles. The van der Waals surface area contributed by atoms with Gasteiger partial charge in [0.05, 0.1) is 13.0 Å².